The molecule has 26 heavy (non-hydrogen) atoms. The number of aryl methyl sites for hydroxylation is 2. The summed E-state index contributed by atoms with van der Waals surface area (Å²) in [7, 11) is 0. The Morgan fingerprint density at radius 3 is 3.00 bits per heavy atom. The van der Waals surface area contributed by atoms with E-state index >= 15 is 0 Å². The van der Waals surface area contributed by atoms with E-state index in [4.69, 9.17) is 0 Å². The Morgan fingerprint density at radius 2 is 2.23 bits per heavy atom. The van der Waals surface area contributed by atoms with Crippen molar-refractivity contribution in [3.8, 4) is 0 Å². The van der Waals surface area contributed by atoms with Crippen LogP contribution in [0.5, 0.6) is 0 Å². The third-order valence-corrected chi connectivity index (χ3v) is 4.72. The van der Waals surface area contributed by atoms with E-state index in [2.05, 4.69) is 25.2 Å². The lowest BCUT2D eigenvalue weighted by molar-refractivity contribution is -0.123. The monoisotopic (exact) mass is 358 g/mol. The average Bonchev–Trinajstić information content (AvgIpc) is 3.07. The van der Waals surface area contributed by atoms with Gasteiger partial charge >= 0.3 is 0 Å². The van der Waals surface area contributed by atoms with Gasteiger partial charge in [0.25, 0.3) is 0 Å². The van der Waals surface area contributed by atoms with Gasteiger partial charge in [-0.3, -0.25) is 4.79 Å². The first kappa shape index (κ1) is 18.3. The highest BCUT2D eigenvalue weighted by Crippen LogP contribution is 2.24. The number of nitrogens with one attached hydrogen (secondary N) is 1. The maximum atomic E-state index is 12.3. The molecule has 1 atom stereocenters. The molecule has 0 radical (unpaired) electrons. The topological polar surface area (TPSA) is 96.2 Å². The van der Waals surface area contributed by atoms with Crippen molar-refractivity contribution in [1.29, 1.82) is 0 Å². The van der Waals surface area contributed by atoms with Gasteiger partial charge in [0.2, 0.25) is 5.91 Å². The molecule has 3 rings (SSSR count). The zero-order valence-electron chi connectivity index (χ0n) is 15.4. The standard InChI is InChI=1S/C18H26N6O2/c1-3-15-19-6-8-23(15)10-17(25)20-11-18(26)5-4-7-24(12-18)16-9-14(2)21-13-22-16/h6,8-9,13,26H,3-5,7,10-12H2,1-2H3,(H,20,25)/t18-/m0/s1. The van der Waals surface area contributed by atoms with Crippen molar-refractivity contribution in [3.63, 3.8) is 0 Å². The lowest BCUT2D eigenvalue weighted by Gasteiger charge is -2.39. The molecule has 2 N–H and O–H groups in total. The Morgan fingerprint density at radius 1 is 1.38 bits per heavy atom. The predicted molar refractivity (Wildman–Crippen MR) is 97.8 cm³/mol. The minimum Gasteiger partial charge on any atom is -0.386 e. The number of carbonyl (C=O) groups excluding carboxylic acids is 1. The second-order valence-corrected chi connectivity index (χ2v) is 6.87. The molecule has 2 aromatic heterocycles. The number of amides is 1. The first-order valence-corrected chi connectivity index (χ1v) is 9.02. The van der Waals surface area contributed by atoms with Gasteiger partial charge in [0.05, 0.1) is 5.60 Å². The zero-order valence-corrected chi connectivity index (χ0v) is 15.4. The zero-order chi connectivity index (χ0) is 18.6. The molecule has 1 fully saturated rings. The maximum absolute atomic E-state index is 12.3. The number of imidazole rings is 1. The van der Waals surface area contributed by atoms with Crippen molar-refractivity contribution in [3.05, 3.63) is 36.3 Å². The first-order chi connectivity index (χ1) is 12.5. The van der Waals surface area contributed by atoms with Crippen LogP contribution in [0.2, 0.25) is 0 Å². The molecule has 0 saturated carbocycles. The van der Waals surface area contributed by atoms with Crippen LogP contribution >= 0.6 is 0 Å². The predicted octanol–water partition coefficient (Wildman–Crippen LogP) is 0.692. The number of hydrogen-bond acceptors (Lipinski definition) is 6. The van der Waals surface area contributed by atoms with E-state index in [0.29, 0.717) is 13.0 Å². The van der Waals surface area contributed by atoms with Gasteiger partial charge in [-0.25, -0.2) is 15.0 Å². The summed E-state index contributed by atoms with van der Waals surface area (Å²) >= 11 is 0. The fourth-order valence-corrected chi connectivity index (χ4v) is 3.34. The van der Waals surface area contributed by atoms with Gasteiger partial charge in [-0.1, -0.05) is 6.92 Å². The number of nitrogens with zero attached hydrogens (tertiary/aromatic N) is 5. The molecular formula is C18H26N6O2. The van der Waals surface area contributed by atoms with Crippen molar-refractivity contribution in [2.24, 2.45) is 0 Å². The summed E-state index contributed by atoms with van der Waals surface area (Å²) in [5.41, 5.74) is -0.0700. The Bertz CT molecular complexity index is 762. The van der Waals surface area contributed by atoms with E-state index in [-0.39, 0.29) is 19.0 Å². The van der Waals surface area contributed by atoms with Crippen LogP contribution in [0.3, 0.4) is 0 Å². The molecule has 2 aromatic rings. The van der Waals surface area contributed by atoms with Crippen LogP contribution in [-0.4, -0.2) is 55.8 Å². The van der Waals surface area contributed by atoms with E-state index in [0.717, 1.165) is 36.7 Å². The normalized spacial score (nSPS) is 20.2. The molecule has 0 spiro atoms. The van der Waals surface area contributed by atoms with Gasteiger partial charge in [0.15, 0.2) is 0 Å². The summed E-state index contributed by atoms with van der Waals surface area (Å²) in [6.07, 6.45) is 7.30. The number of aliphatic hydroxyl groups is 1. The third kappa shape index (κ3) is 4.37. The lowest BCUT2D eigenvalue weighted by Crippen LogP contribution is -2.54. The SMILES string of the molecule is CCc1nccn1CC(=O)NC[C@@]1(O)CCCN(c2cc(C)ncn2)C1. The quantitative estimate of drug-likeness (QED) is 0.789. The maximum Gasteiger partial charge on any atom is 0.240 e. The molecule has 1 aliphatic heterocycles. The second kappa shape index (κ2) is 7.82. The molecule has 1 saturated heterocycles. The highest BCUT2D eigenvalue weighted by Gasteiger charge is 2.34. The van der Waals surface area contributed by atoms with Gasteiger partial charge in [0.1, 0.15) is 24.5 Å². The molecule has 0 unspecified atom stereocenters. The smallest absolute Gasteiger partial charge is 0.240 e. The van der Waals surface area contributed by atoms with Crippen molar-refractivity contribution in [2.75, 3.05) is 24.5 Å². The fraction of sp³-hybridized carbons (Fsp3) is 0.556. The number of piperidine rings is 1. The molecule has 0 aliphatic carbocycles. The van der Waals surface area contributed by atoms with Gasteiger partial charge in [-0.15, -0.1) is 0 Å². The van der Waals surface area contributed by atoms with Gasteiger partial charge in [-0.2, -0.15) is 0 Å². The number of rotatable bonds is 6. The molecule has 0 aromatic carbocycles. The number of β-amino-alcohol motifs (C(OH)–C–C–N with tert-alkyl or cyclic N) is 1. The highest BCUT2D eigenvalue weighted by atomic mass is 16.3. The Kier molecular flexibility index (Phi) is 5.51. The van der Waals surface area contributed by atoms with Crippen LogP contribution in [0.15, 0.2) is 24.8 Å². The summed E-state index contributed by atoms with van der Waals surface area (Å²) in [4.78, 5) is 26.9. The van der Waals surface area contributed by atoms with Crippen LogP contribution in [0.1, 0.15) is 31.3 Å². The van der Waals surface area contributed by atoms with Crippen LogP contribution < -0.4 is 10.2 Å². The summed E-state index contributed by atoms with van der Waals surface area (Å²) in [6.45, 7) is 5.64. The van der Waals surface area contributed by atoms with E-state index < -0.39 is 5.60 Å². The third-order valence-electron chi connectivity index (χ3n) is 4.72. The van der Waals surface area contributed by atoms with E-state index in [9.17, 15) is 9.90 Å². The van der Waals surface area contributed by atoms with Crippen molar-refractivity contribution < 1.29 is 9.90 Å². The summed E-state index contributed by atoms with van der Waals surface area (Å²) in [5, 5.41) is 13.8. The van der Waals surface area contributed by atoms with E-state index in [1.807, 2.05) is 24.5 Å². The number of carbonyl (C=O) groups is 1. The largest absolute Gasteiger partial charge is 0.386 e. The molecule has 1 aliphatic rings. The Labute approximate surface area is 153 Å². The second-order valence-electron chi connectivity index (χ2n) is 6.87. The Hall–Kier alpha value is -2.48. The molecule has 3 heterocycles. The minimum absolute atomic E-state index is 0.124. The molecular weight excluding hydrogens is 332 g/mol. The Balaban J connectivity index is 1.57. The van der Waals surface area contributed by atoms with Crippen molar-refractivity contribution in [2.45, 2.75) is 45.3 Å². The van der Waals surface area contributed by atoms with Crippen LogP contribution in [0.25, 0.3) is 0 Å². The van der Waals surface area contributed by atoms with Crippen molar-refractivity contribution >= 4 is 11.7 Å². The van der Waals surface area contributed by atoms with Crippen molar-refractivity contribution in [1.82, 2.24) is 24.8 Å². The number of aromatic nitrogens is 4. The molecule has 0 bridgehead atoms. The fourth-order valence-electron chi connectivity index (χ4n) is 3.34. The van der Waals surface area contributed by atoms with Gasteiger partial charge < -0.3 is 19.9 Å². The van der Waals surface area contributed by atoms with E-state index in [1.165, 1.54) is 6.33 Å². The van der Waals surface area contributed by atoms with Crippen LogP contribution in [-0.2, 0) is 17.8 Å². The number of anilines is 1. The summed E-state index contributed by atoms with van der Waals surface area (Å²) in [5.74, 6) is 1.57. The van der Waals surface area contributed by atoms with Crippen LogP contribution in [0, 0.1) is 6.92 Å². The highest BCUT2D eigenvalue weighted by molar-refractivity contribution is 5.75. The first-order valence-electron chi connectivity index (χ1n) is 9.02. The molecule has 8 heteroatoms. The number of hydrogen-bond donors (Lipinski definition) is 2. The average molecular weight is 358 g/mol. The summed E-state index contributed by atoms with van der Waals surface area (Å²) in [6, 6.07) is 1.91. The molecule has 140 valence electrons. The van der Waals surface area contributed by atoms with Gasteiger partial charge in [-0.05, 0) is 19.8 Å². The minimum atomic E-state index is -0.963. The molecule has 8 nitrogen and oxygen atoms in total. The van der Waals surface area contributed by atoms with E-state index in [1.54, 1.807) is 12.4 Å². The van der Waals surface area contributed by atoms with Gasteiger partial charge in [0, 0.05) is 50.2 Å². The van der Waals surface area contributed by atoms with Crippen LogP contribution in [0.4, 0.5) is 5.82 Å². The summed E-state index contributed by atoms with van der Waals surface area (Å²) < 4.78 is 1.83. The lowest BCUT2D eigenvalue weighted by atomic mass is 9.92. The molecule has 1 amide bonds.